The van der Waals surface area contributed by atoms with Crippen LogP contribution in [0.2, 0.25) is 5.02 Å². The van der Waals surface area contributed by atoms with Crippen molar-refractivity contribution in [2.75, 3.05) is 0 Å². The molecular weight excluding hydrogens is 248 g/mol. The van der Waals surface area contributed by atoms with Gasteiger partial charge in [0.05, 0.1) is 6.42 Å². The van der Waals surface area contributed by atoms with Crippen LogP contribution in [0, 0.1) is 0 Å². The van der Waals surface area contributed by atoms with Crippen molar-refractivity contribution in [2.45, 2.75) is 23.0 Å². The molecule has 84 valence electrons. The van der Waals surface area contributed by atoms with E-state index in [4.69, 9.17) is 16.7 Å². The first-order chi connectivity index (χ1) is 7.56. The number of fused-ring (bicyclic) bond motifs is 1. The highest BCUT2D eigenvalue weighted by Gasteiger charge is 2.27. The van der Waals surface area contributed by atoms with Gasteiger partial charge in [-0.15, -0.1) is 11.8 Å². The van der Waals surface area contributed by atoms with Crippen molar-refractivity contribution in [1.82, 2.24) is 0 Å². The molecule has 1 N–H and O–H groups in total. The Kier molecular flexibility index (Phi) is 3.21. The molecule has 1 atom stereocenters. The Balaban J connectivity index is 2.26. The van der Waals surface area contributed by atoms with Crippen LogP contribution in [-0.4, -0.2) is 22.1 Å². The van der Waals surface area contributed by atoms with Crippen molar-refractivity contribution >= 4 is 35.1 Å². The Morgan fingerprint density at radius 3 is 3.00 bits per heavy atom. The molecule has 0 saturated heterocycles. The molecule has 0 aromatic heterocycles. The molecule has 1 aliphatic rings. The molecule has 1 unspecified atom stereocenters. The number of halogens is 1. The predicted octanol–water partition coefficient (Wildman–Crippen LogP) is 2.86. The highest BCUT2D eigenvalue weighted by molar-refractivity contribution is 8.00. The lowest BCUT2D eigenvalue weighted by molar-refractivity contribution is -0.136. The fraction of sp³-hybridized carbons (Fsp3) is 0.273. The molecule has 0 aliphatic carbocycles. The smallest absolute Gasteiger partial charge is 0.304 e. The van der Waals surface area contributed by atoms with E-state index in [1.54, 1.807) is 18.2 Å². The summed E-state index contributed by atoms with van der Waals surface area (Å²) in [6, 6.07) is 5.13. The maximum absolute atomic E-state index is 11.8. The predicted molar refractivity (Wildman–Crippen MR) is 62.3 cm³/mol. The molecular formula is C11H9ClO3S. The minimum absolute atomic E-state index is 0.0124. The van der Waals surface area contributed by atoms with Crippen LogP contribution in [0.5, 0.6) is 0 Å². The van der Waals surface area contributed by atoms with E-state index in [9.17, 15) is 9.59 Å². The second kappa shape index (κ2) is 4.47. The van der Waals surface area contributed by atoms with Gasteiger partial charge in [0.2, 0.25) is 0 Å². The standard InChI is InChI=1S/C11H9ClO3S/c12-6-1-2-10-8(3-6)9(13)4-7(16-10)5-11(14)15/h1-3,7H,4-5H2,(H,14,15). The summed E-state index contributed by atoms with van der Waals surface area (Å²) >= 11 is 7.24. The number of ketones is 1. The van der Waals surface area contributed by atoms with E-state index < -0.39 is 5.97 Å². The summed E-state index contributed by atoms with van der Waals surface area (Å²) in [4.78, 5) is 23.2. The lowest BCUT2D eigenvalue weighted by Gasteiger charge is -2.21. The average Bonchev–Trinajstić information content (AvgIpc) is 2.18. The summed E-state index contributed by atoms with van der Waals surface area (Å²) in [6.07, 6.45) is 0.281. The first-order valence-electron chi connectivity index (χ1n) is 4.77. The molecule has 0 saturated carbocycles. The summed E-state index contributed by atoms with van der Waals surface area (Å²) in [7, 11) is 0. The molecule has 1 aliphatic heterocycles. The largest absolute Gasteiger partial charge is 0.481 e. The number of carboxylic acids is 1. The highest BCUT2D eigenvalue weighted by atomic mass is 35.5. The Labute approximate surface area is 102 Å². The second-order valence-electron chi connectivity index (χ2n) is 3.61. The molecule has 5 heteroatoms. The maximum atomic E-state index is 11.8. The van der Waals surface area contributed by atoms with Crippen molar-refractivity contribution in [1.29, 1.82) is 0 Å². The van der Waals surface area contributed by atoms with Crippen LogP contribution >= 0.6 is 23.4 Å². The molecule has 3 nitrogen and oxygen atoms in total. The maximum Gasteiger partial charge on any atom is 0.304 e. The van der Waals surface area contributed by atoms with Crippen LogP contribution in [0.1, 0.15) is 23.2 Å². The zero-order chi connectivity index (χ0) is 11.7. The number of hydrogen-bond acceptors (Lipinski definition) is 3. The lowest BCUT2D eigenvalue weighted by atomic mass is 10.0. The van der Waals surface area contributed by atoms with Crippen molar-refractivity contribution in [3.05, 3.63) is 28.8 Å². The zero-order valence-corrected chi connectivity index (χ0v) is 9.85. The summed E-state index contributed by atoms with van der Waals surface area (Å²) in [6.45, 7) is 0. The summed E-state index contributed by atoms with van der Waals surface area (Å²) in [5.41, 5.74) is 0.610. The Hall–Kier alpha value is -1.000. The molecule has 0 spiro atoms. The molecule has 0 fully saturated rings. The summed E-state index contributed by atoms with van der Waals surface area (Å²) < 4.78 is 0. The van der Waals surface area contributed by atoms with E-state index in [1.165, 1.54) is 11.8 Å². The second-order valence-corrected chi connectivity index (χ2v) is 5.38. The van der Waals surface area contributed by atoms with Gasteiger partial charge in [-0.3, -0.25) is 9.59 Å². The minimum atomic E-state index is -0.872. The van der Waals surface area contributed by atoms with Crippen LogP contribution < -0.4 is 0 Å². The normalized spacial score (nSPS) is 19.3. The highest BCUT2D eigenvalue weighted by Crippen LogP contribution is 2.37. The van der Waals surface area contributed by atoms with Crippen LogP contribution in [0.15, 0.2) is 23.1 Å². The van der Waals surface area contributed by atoms with E-state index in [2.05, 4.69) is 0 Å². The van der Waals surface area contributed by atoms with E-state index in [0.717, 1.165) is 4.90 Å². The summed E-state index contributed by atoms with van der Waals surface area (Å²) in [5, 5.41) is 9.06. The van der Waals surface area contributed by atoms with E-state index in [-0.39, 0.29) is 23.9 Å². The molecule has 1 aromatic rings. The Bertz CT molecular complexity index is 459. The number of Topliss-reactive ketones (excluding diaryl/α,β-unsaturated/α-hetero) is 1. The first kappa shape index (κ1) is 11.5. The van der Waals surface area contributed by atoms with Gasteiger partial charge in [0.15, 0.2) is 5.78 Å². The fourth-order valence-electron chi connectivity index (χ4n) is 1.67. The minimum Gasteiger partial charge on any atom is -0.481 e. The van der Waals surface area contributed by atoms with E-state index in [1.807, 2.05) is 0 Å². The number of thioether (sulfide) groups is 1. The number of carboxylic acid groups (broad SMARTS) is 1. The van der Waals surface area contributed by atoms with Gasteiger partial charge in [0.25, 0.3) is 0 Å². The molecule has 0 bridgehead atoms. The third kappa shape index (κ3) is 2.39. The third-order valence-corrected chi connectivity index (χ3v) is 3.86. The molecule has 0 amide bonds. The van der Waals surface area contributed by atoms with Crippen molar-refractivity contribution in [2.24, 2.45) is 0 Å². The number of benzene rings is 1. The van der Waals surface area contributed by atoms with Gasteiger partial charge >= 0.3 is 5.97 Å². The van der Waals surface area contributed by atoms with E-state index >= 15 is 0 Å². The fourth-order valence-corrected chi connectivity index (χ4v) is 3.11. The van der Waals surface area contributed by atoms with Gasteiger partial charge in [-0.25, -0.2) is 0 Å². The van der Waals surface area contributed by atoms with Gasteiger partial charge in [-0.1, -0.05) is 11.6 Å². The monoisotopic (exact) mass is 256 g/mol. The molecule has 0 radical (unpaired) electrons. The lowest BCUT2D eigenvalue weighted by Crippen LogP contribution is -2.20. The molecule has 1 heterocycles. The van der Waals surface area contributed by atoms with Crippen LogP contribution in [0.3, 0.4) is 0 Å². The number of hydrogen-bond donors (Lipinski definition) is 1. The first-order valence-corrected chi connectivity index (χ1v) is 6.03. The van der Waals surface area contributed by atoms with Crippen LogP contribution in [0.25, 0.3) is 0 Å². The van der Waals surface area contributed by atoms with Crippen molar-refractivity contribution in [3.63, 3.8) is 0 Å². The zero-order valence-electron chi connectivity index (χ0n) is 8.27. The average molecular weight is 257 g/mol. The summed E-state index contributed by atoms with van der Waals surface area (Å²) in [5.74, 6) is -0.898. The topological polar surface area (TPSA) is 54.4 Å². The van der Waals surface area contributed by atoms with Gasteiger partial charge in [0.1, 0.15) is 0 Å². The van der Waals surface area contributed by atoms with Crippen LogP contribution in [0.4, 0.5) is 0 Å². The molecule has 1 aromatic carbocycles. The number of carbonyl (C=O) groups is 2. The van der Waals surface area contributed by atoms with Crippen molar-refractivity contribution in [3.8, 4) is 0 Å². The number of aliphatic carboxylic acids is 1. The SMILES string of the molecule is O=C(O)CC1CC(=O)c2cc(Cl)ccc2S1. The van der Waals surface area contributed by atoms with Gasteiger partial charge in [0, 0.05) is 27.2 Å². The van der Waals surface area contributed by atoms with E-state index in [0.29, 0.717) is 10.6 Å². The molecule has 16 heavy (non-hydrogen) atoms. The Morgan fingerprint density at radius 1 is 1.56 bits per heavy atom. The van der Waals surface area contributed by atoms with Crippen molar-refractivity contribution < 1.29 is 14.7 Å². The number of rotatable bonds is 2. The Morgan fingerprint density at radius 2 is 2.31 bits per heavy atom. The third-order valence-electron chi connectivity index (χ3n) is 2.35. The van der Waals surface area contributed by atoms with Gasteiger partial charge in [-0.2, -0.15) is 0 Å². The van der Waals surface area contributed by atoms with Gasteiger partial charge < -0.3 is 5.11 Å². The molecule has 2 rings (SSSR count). The van der Waals surface area contributed by atoms with Crippen LogP contribution in [-0.2, 0) is 4.79 Å². The quantitative estimate of drug-likeness (QED) is 0.884. The number of carbonyl (C=O) groups excluding carboxylic acids is 1. The van der Waals surface area contributed by atoms with Gasteiger partial charge in [-0.05, 0) is 18.2 Å².